The predicted octanol–water partition coefficient (Wildman–Crippen LogP) is 7.17. The molecule has 3 fully saturated rings. The first-order valence-electron chi connectivity index (χ1n) is 22.0. The molecule has 15 nitrogen and oxygen atoms in total. The van der Waals surface area contributed by atoms with Gasteiger partial charge in [0.25, 0.3) is 0 Å². The molecular weight excluding hydrogens is 846 g/mol. The van der Waals surface area contributed by atoms with E-state index in [1.165, 1.54) is 36.7 Å². The van der Waals surface area contributed by atoms with Crippen molar-refractivity contribution < 1.29 is 32.6 Å². The molecule has 342 valence electrons. The molecule has 3 aromatic heterocycles. The highest BCUT2D eigenvalue weighted by Gasteiger charge is 2.39. The fourth-order valence-electron chi connectivity index (χ4n) is 8.50. The lowest BCUT2D eigenvalue weighted by molar-refractivity contribution is -0.137. The van der Waals surface area contributed by atoms with E-state index in [4.69, 9.17) is 25.8 Å². The topological polar surface area (TPSA) is 162 Å². The summed E-state index contributed by atoms with van der Waals surface area (Å²) < 4.78 is 47.4. The van der Waals surface area contributed by atoms with Crippen LogP contribution in [0.3, 0.4) is 0 Å². The van der Waals surface area contributed by atoms with Crippen molar-refractivity contribution in [2.24, 2.45) is 5.41 Å². The summed E-state index contributed by atoms with van der Waals surface area (Å²) in [7, 11) is 0. The third kappa shape index (κ3) is 11.3. The van der Waals surface area contributed by atoms with Gasteiger partial charge >= 0.3 is 6.09 Å². The van der Waals surface area contributed by atoms with Crippen LogP contribution < -0.4 is 10.2 Å². The van der Waals surface area contributed by atoms with Gasteiger partial charge in [-0.1, -0.05) is 11.6 Å². The van der Waals surface area contributed by atoms with E-state index in [1.807, 2.05) is 36.6 Å². The average Bonchev–Trinajstić information content (AvgIpc) is 3.28. The number of carbonyl (C=O) groups is 2. The summed E-state index contributed by atoms with van der Waals surface area (Å²) >= 11 is 6.70. The molecule has 4 aromatic rings. The van der Waals surface area contributed by atoms with Crippen LogP contribution in [0.1, 0.15) is 76.2 Å². The number of ether oxygens (including phenoxy) is 3. The minimum absolute atomic E-state index is 0.0128. The number of piperidine rings is 2. The monoisotopic (exact) mass is 902 g/mol. The van der Waals surface area contributed by atoms with Crippen LogP contribution in [0.4, 0.5) is 25.2 Å². The van der Waals surface area contributed by atoms with Gasteiger partial charge in [-0.2, -0.15) is 5.26 Å². The Morgan fingerprint density at radius 1 is 0.906 bits per heavy atom. The largest absolute Gasteiger partial charge is 0.444 e. The van der Waals surface area contributed by atoms with Crippen LogP contribution >= 0.6 is 11.6 Å². The van der Waals surface area contributed by atoms with Gasteiger partial charge < -0.3 is 39.1 Å². The number of piperazine rings is 1. The lowest BCUT2D eigenvalue weighted by atomic mass is 9.71. The fourth-order valence-corrected chi connectivity index (χ4v) is 8.69. The van der Waals surface area contributed by atoms with Crippen molar-refractivity contribution in [3.8, 4) is 17.3 Å². The smallest absolute Gasteiger partial charge is 0.410 e. The van der Waals surface area contributed by atoms with Crippen LogP contribution in [0.5, 0.6) is 0 Å². The number of amides is 2. The second-order valence-corrected chi connectivity index (χ2v) is 18.3. The van der Waals surface area contributed by atoms with Crippen LogP contribution in [-0.4, -0.2) is 138 Å². The third-order valence-electron chi connectivity index (χ3n) is 12.3. The SMILES string of the molecule is Cc1nc2cc(F)c(-c3cnc(N4CCN(C(=O)COCCOCCN5CCC6(CC5)CCN(C(=O)OC(C)(C)C)CC6)CC4)nc3)nc2c(N[C@H](C)c2cc(C#N)ccc2F)c1Cl. The maximum Gasteiger partial charge on any atom is 0.410 e. The molecule has 0 saturated carbocycles. The molecular formula is C46H57ClF2N10O5. The molecule has 18 heteroatoms. The molecule has 1 N–H and O–H groups in total. The average molecular weight is 903 g/mol. The number of carbonyl (C=O) groups excluding carboxylic acids is 2. The number of aromatic nitrogens is 4. The van der Waals surface area contributed by atoms with Gasteiger partial charge in [-0.3, -0.25) is 4.79 Å². The van der Waals surface area contributed by atoms with Crippen molar-refractivity contribution in [2.45, 2.75) is 71.9 Å². The lowest BCUT2D eigenvalue weighted by Gasteiger charge is -2.46. The van der Waals surface area contributed by atoms with Gasteiger partial charge in [-0.05, 0) is 97.0 Å². The molecule has 0 aliphatic carbocycles. The maximum absolute atomic E-state index is 15.6. The summed E-state index contributed by atoms with van der Waals surface area (Å²) in [6.07, 6.45) is 7.08. The van der Waals surface area contributed by atoms with Crippen LogP contribution in [0.15, 0.2) is 36.7 Å². The molecule has 7 rings (SSSR count). The number of aryl methyl sites for hydroxylation is 1. The number of nitrogens with zero attached hydrogens (tertiary/aromatic N) is 9. The molecule has 1 aromatic carbocycles. The van der Waals surface area contributed by atoms with Crippen molar-refractivity contribution >= 4 is 46.3 Å². The van der Waals surface area contributed by atoms with Crippen LogP contribution in [0.25, 0.3) is 22.3 Å². The second-order valence-electron chi connectivity index (χ2n) is 17.9. The Labute approximate surface area is 378 Å². The normalized spacial score (nSPS) is 17.4. The summed E-state index contributed by atoms with van der Waals surface area (Å²) in [4.78, 5) is 51.5. The van der Waals surface area contributed by atoms with E-state index in [-0.39, 0.29) is 45.9 Å². The minimum Gasteiger partial charge on any atom is -0.444 e. The number of anilines is 2. The number of nitrogens with one attached hydrogen (secondary N) is 1. The van der Waals surface area contributed by atoms with E-state index in [9.17, 15) is 19.2 Å². The highest BCUT2D eigenvalue weighted by Crippen LogP contribution is 2.42. The number of hydrogen-bond donors (Lipinski definition) is 1. The first kappa shape index (κ1) is 46.7. The number of fused-ring (bicyclic) bond motifs is 1. The van der Waals surface area contributed by atoms with E-state index >= 15 is 4.39 Å². The van der Waals surface area contributed by atoms with Crippen molar-refractivity contribution in [3.05, 3.63) is 70.1 Å². The van der Waals surface area contributed by atoms with Crippen LogP contribution in [0, 0.1) is 35.3 Å². The summed E-state index contributed by atoms with van der Waals surface area (Å²) in [6.45, 7) is 16.8. The zero-order valence-corrected chi connectivity index (χ0v) is 38.0. The standard InChI is InChI=1S/C46H57ClF2N10O5/c1-30(34-24-32(26-50)6-7-35(34)48)54-42-39(47)31(2)53-37-25-36(49)40(55-41(37)42)33-27-51-43(52-28-33)58-18-16-57(17-19-58)38(60)29-63-23-22-62-21-20-56-12-8-46(9-13-56)10-14-59(15-11-46)44(61)64-45(3,4)5/h6-7,24-25,27-28,30H,8-23,29H2,1-5H3,(H,53,54)/t30-/m1/s1. The Morgan fingerprint density at radius 3 is 2.25 bits per heavy atom. The Hall–Kier alpha value is -5.28. The quantitative estimate of drug-likeness (QED) is 0.135. The Balaban J connectivity index is 0.823. The highest BCUT2D eigenvalue weighted by molar-refractivity contribution is 6.35. The van der Waals surface area contributed by atoms with E-state index < -0.39 is 23.3 Å². The minimum atomic E-state index is -0.631. The lowest BCUT2D eigenvalue weighted by Crippen LogP contribution is -2.50. The van der Waals surface area contributed by atoms with Crippen molar-refractivity contribution in [2.75, 3.05) is 95.5 Å². The zero-order valence-electron chi connectivity index (χ0n) is 37.3. The Bertz CT molecular complexity index is 2330. The number of nitriles is 1. The van der Waals surface area contributed by atoms with E-state index in [0.717, 1.165) is 58.4 Å². The summed E-state index contributed by atoms with van der Waals surface area (Å²) in [6, 6.07) is 6.77. The van der Waals surface area contributed by atoms with Gasteiger partial charge in [0.1, 0.15) is 29.2 Å². The van der Waals surface area contributed by atoms with E-state index in [2.05, 4.69) is 30.2 Å². The first-order chi connectivity index (χ1) is 30.6. The molecule has 0 bridgehead atoms. The fraction of sp³-hybridized carbons (Fsp3) is 0.543. The molecule has 3 aliphatic rings. The van der Waals surface area contributed by atoms with E-state index in [0.29, 0.717) is 79.9 Å². The Kier molecular flexibility index (Phi) is 14.8. The summed E-state index contributed by atoms with van der Waals surface area (Å²) in [5.74, 6) is -0.782. The van der Waals surface area contributed by atoms with Gasteiger partial charge in [0.05, 0.1) is 59.4 Å². The van der Waals surface area contributed by atoms with Gasteiger partial charge in [-0.15, -0.1) is 0 Å². The molecule has 0 unspecified atom stereocenters. The maximum atomic E-state index is 15.6. The summed E-state index contributed by atoms with van der Waals surface area (Å²) in [5, 5.41) is 12.8. The number of halogens is 3. The number of pyridine rings is 2. The van der Waals surface area contributed by atoms with E-state index in [1.54, 1.807) is 18.7 Å². The number of benzene rings is 1. The molecule has 1 spiro atoms. The molecule has 3 saturated heterocycles. The van der Waals surface area contributed by atoms with Gasteiger partial charge in [0.2, 0.25) is 11.9 Å². The zero-order chi connectivity index (χ0) is 45.6. The number of hydrogen-bond acceptors (Lipinski definition) is 13. The second kappa shape index (κ2) is 20.3. The summed E-state index contributed by atoms with van der Waals surface area (Å²) in [5.41, 5.74) is 2.01. The Morgan fingerprint density at radius 2 is 1.58 bits per heavy atom. The molecule has 64 heavy (non-hydrogen) atoms. The number of rotatable bonds is 13. The number of likely N-dealkylation sites (tertiary alicyclic amines) is 2. The van der Waals surface area contributed by atoms with Gasteiger partial charge in [0.15, 0.2) is 5.82 Å². The van der Waals surface area contributed by atoms with Gasteiger partial charge in [-0.25, -0.2) is 33.5 Å². The van der Waals surface area contributed by atoms with Gasteiger partial charge in [0, 0.05) is 75.4 Å². The van der Waals surface area contributed by atoms with Crippen LogP contribution in [-0.2, 0) is 19.0 Å². The first-order valence-corrected chi connectivity index (χ1v) is 22.3. The predicted molar refractivity (Wildman–Crippen MR) is 239 cm³/mol. The molecule has 0 radical (unpaired) electrons. The molecule has 1 atom stereocenters. The molecule has 6 heterocycles. The third-order valence-corrected chi connectivity index (χ3v) is 12.8. The molecule has 3 aliphatic heterocycles. The van der Waals surface area contributed by atoms with Crippen LogP contribution in [0.2, 0.25) is 5.02 Å². The van der Waals surface area contributed by atoms with Crippen molar-refractivity contribution in [1.82, 2.24) is 34.6 Å². The molecule has 2 amide bonds. The highest BCUT2D eigenvalue weighted by atomic mass is 35.5. The van der Waals surface area contributed by atoms with Crippen molar-refractivity contribution in [3.63, 3.8) is 0 Å². The van der Waals surface area contributed by atoms with Crippen molar-refractivity contribution in [1.29, 1.82) is 5.26 Å².